The van der Waals surface area contributed by atoms with Crippen LogP contribution in [0.4, 0.5) is 11.4 Å². The predicted molar refractivity (Wildman–Crippen MR) is 70.4 cm³/mol. The Balaban J connectivity index is 2.34. The molecule has 0 unspecified atom stereocenters. The van der Waals surface area contributed by atoms with Crippen molar-refractivity contribution in [2.24, 2.45) is 0 Å². The van der Waals surface area contributed by atoms with Crippen molar-refractivity contribution in [3.05, 3.63) is 53.3 Å². The summed E-state index contributed by atoms with van der Waals surface area (Å²) in [5, 5.41) is 12.2. The first-order chi connectivity index (χ1) is 8.58. The Hall–Kier alpha value is -2.36. The maximum atomic E-state index is 11.1. The molecule has 2 N–H and O–H groups in total. The van der Waals surface area contributed by atoms with E-state index in [0.29, 0.717) is 5.69 Å². The monoisotopic (exact) mass is 242 g/mol. The summed E-state index contributed by atoms with van der Waals surface area (Å²) in [6.07, 6.45) is 2.90. The normalized spacial score (nSPS) is 10.1. The van der Waals surface area contributed by atoms with Gasteiger partial charge < -0.3 is 10.4 Å². The van der Waals surface area contributed by atoms with Gasteiger partial charge in [0.2, 0.25) is 0 Å². The van der Waals surface area contributed by atoms with Crippen LogP contribution < -0.4 is 5.32 Å². The average molecular weight is 242 g/mol. The number of aromatic carboxylic acids is 1. The fourth-order valence-corrected chi connectivity index (χ4v) is 1.65. The Morgan fingerprint density at radius 2 is 2.00 bits per heavy atom. The summed E-state index contributed by atoms with van der Waals surface area (Å²) < 4.78 is 0. The lowest BCUT2D eigenvalue weighted by molar-refractivity contribution is 0.0697. The zero-order valence-electron chi connectivity index (χ0n) is 10.3. The van der Waals surface area contributed by atoms with Crippen molar-refractivity contribution >= 4 is 17.3 Å². The van der Waals surface area contributed by atoms with E-state index >= 15 is 0 Å². The first kappa shape index (κ1) is 12.1. The predicted octanol–water partition coefficient (Wildman–Crippen LogP) is 3.14. The van der Waals surface area contributed by atoms with Crippen molar-refractivity contribution < 1.29 is 9.90 Å². The summed E-state index contributed by atoms with van der Waals surface area (Å²) in [6, 6.07) is 7.56. The number of carboxylic acids is 1. The molecule has 1 heterocycles. The van der Waals surface area contributed by atoms with Crippen LogP contribution in [0.15, 0.2) is 36.7 Å². The molecule has 0 aliphatic heterocycles. The Labute approximate surface area is 105 Å². The molecule has 18 heavy (non-hydrogen) atoms. The van der Waals surface area contributed by atoms with E-state index in [9.17, 15) is 4.79 Å². The minimum atomic E-state index is -0.991. The Morgan fingerprint density at radius 1 is 1.22 bits per heavy atom. The van der Waals surface area contributed by atoms with Gasteiger partial charge in [-0.05, 0) is 43.2 Å². The second kappa shape index (κ2) is 4.87. The van der Waals surface area contributed by atoms with Gasteiger partial charge in [-0.1, -0.05) is 6.07 Å². The summed E-state index contributed by atoms with van der Waals surface area (Å²) in [4.78, 5) is 14.9. The van der Waals surface area contributed by atoms with Gasteiger partial charge in [-0.3, -0.25) is 4.98 Å². The molecule has 0 aliphatic carbocycles. The lowest BCUT2D eigenvalue weighted by Gasteiger charge is -2.10. The molecule has 0 saturated carbocycles. The van der Waals surface area contributed by atoms with Crippen LogP contribution in [0.5, 0.6) is 0 Å². The standard InChI is InChI=1S/C14H14N2O2/c1-9-3-4-11(7-10(9)2)16-13-5-6-15-8-12(13)14(17)18/h3-8H,1-2H3,(H,15,16)(H,17,18). The van der Waals surface area contributed by atoms with Crippen LogP contribution in [0.3, 0.4) is 0 Å². The first-order valence-electron chi connectivity index (χ1n) is 5.59. The van der Waals surface area contributed by atoms with E-state index in [4.69, 9.17) is 5.11 Å². The third kappa shape index (κ3) is 2.48. The van der Waals surface area contributed by atoms with Crippen LogP contribution in [0.1, 0.15) is 21.5 Å². The number of hydrogen-bond donors (Lipinski definition) is 2. The zero-order valence-corrected chi connectivity index (χ0v) is 10.3. The maximum Gasteiger partial charge on any atom is 0.339 e. The highest BCUT2D eigenvalue weighted by atomic mass is 16.4. The van der Waals surface area contributed by atoms with Crippen molar-refractivity contribution in [1.82, 2.24) is 4.98 Å². The number of nitrogens with zero attached hydrogens (tertiary/aromatic N) is 1. The molecular weight excluding hydrogens is 228 g/mol. The van der Waals surface area contributed by atoms with Gasteiger partial charge in [-0.25, -0.2) is 4.79 Å². The molecule has 0 bridgehead atoms. The second-order valence-corrected chi connectivity index (χ2v) is 4.15. The zero-order chi connectivity index (χ0) is 13.1. The van der Waals surface area contributed by atoms with Gasteiger partial charge >= 0.3 is 5.97 Å². The number of carboxylic acid groups (broad SMARTS) is 1. The number of benzene rings is 1. The summed E-state index contributed by atoms with van der Waals surface area (Å²) in [6.45, 7) is 4.05. The van der Waals surface area contributed by atoms with Gasteiger partial charge in [-0.15, -0.1) is 0 Å². The fraction of sp³-hybridized carbons (Fsp3) is 0.143. The molecule has 0 saturated heterocycles. The smallest absolute Gasteiger partial charge is 0.339 e. The van der Waals surface area contributed by atoms with Crippen LogP contribution in [0, 0.1) is 13.8 Å². The van der Waals surface area contributed by atoms with E-state index < -0.39 is 5.97 Å². The number of carbonyl (C=O) groups is 1. The van der Waals surface area contributed by atoms with Gasteiger partial charge in [0.25, 0.3) is 0 Å². The van der Waals surface area contributed by atoms with Gasteiger partial charge in [0.1, 0.15) is 5.56 Å². The quantitative estimate of drug-likeness (QED) is 0.868. The molecule has 0 fully saturated rings. The number of aryl methyl sites for hydroxylation is 2. The molecule has 4 heteroatoms. The summed E-state index contributed by atoms with van der Waals surface area (Å²) in [5.41, 5.74) is 3.93. The molecule has 2 rings (SSSR count). The highest BCUT2D eigenvalue weighted by molar-refractivity contribution is 5.94. The van der Waals surface area contributed by atoms with E-state index in [-0.39, 0.29) is 5.56 Å². The molecular formula is C14H14N2O2. The van der Waals surface area contributed by atoms with E-state index in [1.165, 1.54) is 11.8 Å². The van der Waals surface area contributed by atoms with Crippen LogP contribution >= 0.6 is 0 Å². The van der Waals surface area contributed by atoms with Gasteiger partial charge in [0.05, 0.1) is 5.69 Å². The van der Waals surface area contributed by atoms with Crippen molar-refractivity contribution in [3.8, 4) is 0 Å². The van der Waals surface area contributed by atoms with Crippen molar-refractivity contribution in [1.29, 1.82) is 0 Å². The fourth-order valence-electron chi connectivity index (χ4n) is 1.65. The van der Waals surface area contributed by atoms with E-state index in [1.807, 2.05) is 32.0 Å². The molecule has 1 aromatic heterocycles. The molecule has 0 amide bonds. The first-order valence-corrected chi connectivity index (χ1v) is 5.59. The minimum absolute atomic E-state index is 0.163. The number of nitrogens with one attached hydrogen (secondary N) is 1. The highest BCUT2D eigenvalue weighted by Crippen LogP contribution is 2.22. The van der Waals surface area contributed by atoms with Crippen molar-refractivity contribution in [2.75, 3.05) is 5.32 Å². The van der Waals surface area contributed by atoms with Crippen LogP contribution in [0.2, 0.25) is 0 Å². The Bertz CT molecular complexity index is 594. The van der Waals surface area contributed by atoms with Crippen LogP contribution in [-0.2, 0) is 0 Å². The van der Waals surface area contributed by atoms with Crippen LogP contribution in [-0.4, -0.2) is 16.1 Å². The average Bonchev–Trinajstić information content (AvgIpc) is 2.34. The summed E-state index contributed by atoms with van der Waals surface area (Å²) >= 11 is 0. The molecule has 0 aliphatic rings. The molecule has 92 valence electrons. The third-order valence-electron chi connectivity index (χ3n) is 2.84. The second-order valence-electron chi connectivity index (χ2n) is 4.15. The molecule has 0 spiro atoms. The lowest BCUT2D eigenvalue weighted by atomic mass is 10.1. The Kier molecular flexibility index (Phi) is 3.28. The van der Waals surface area contributed by atoms with Gasteiger partial charge in [0.15, 0.2) is 0 Å². The Morgan fingerprint density at radius 3 is 2.67 bits per heavy atom. The number of anilines is 2. The summed E-state index contributed by atoms with van der Waals surface area (Å²) in [5.74, 6) is -0.991. The lowest BCUT2D eigenvalue weighted by Crippen LogP contribution is -2.03. The third-order valence-corrected chi connectivity index (χ3v) is 2.84. The molecule has 0 atom stereocenters. The molecule has 2 aromatic rings. The van der Waals surface area contributed by atoms with E-state index in [0.717, 1.165) is 11.3 Å². The number of rotatable bonds is 3. The SMILES string of the molecule is Cc1ccc(Nc2ccncc2C(=O)O)cc1C. The number of pyridine rings is 1. The topological polar surface area (TPSA) is 62.2 Å². The van der Waals surface area contributed by atoms with Crippen LogP contribution in [0.25, 0.3) is 0 Å². The molecule has 4 nitrogen and oxygen atoms in total. The largest absolute Gasteiger partial charge is 0.478 e. The maximum absolute atomic E-state index is 11.1. The number of hydrogen-bond acceptors (Lipinski definition) is 3. The van der Waals surface area contributed by atoms with E-state index in [1.54, 1.807) is 12.3 Å². The summed E-state index contributed by atoms with van der Waals surface area (Å²) in [7, 11) is 0. The van der Waals surface area contributed by atoms with Gasteiger partial charge in [0, 0.05) is 18.1 Å². The minimum Gasteiger partial charge on any atom is -0.478 e. The van der Waals surface area contributed by atoms with Crippen molar-refractivity contribution in [3.63, 3.8) is 0 Å². The molecule has 1 aromatic carbocycles. The van der Waals surface area contributed by atoms with E-state index in [2.05, 4.69) is 10.3 Å². The van der Waals surface area contributed by atoms with Gasteiger partial charge in [-0.2, -0.15) is 0 Å². The molecule has 0 radical (unpaired) electrons. The number of aromatic nitrogens is 1. The highest BCUT2D eigenvalue weighted by Gasteiger charge is 2.09. The van der Waals surface area contributed by atoms with Crippen molar-refractivity contribution in [2.45, 2.75) is 13.8 Å².